The summed E-state index contributed by atoms with van der Waals surface area (Å²) in [7, 11) is -2.20. The minimum absolute atomic E-state index is 0.0448. The molecule has 9 nitrogen and oxygen atoms in total. The summed E-state index contributed by atoms with van der Waals surface area (Å²) in [6.45, 7) is 2.23. The van der Waals surface area contributed by atoms with Crippen LogP contribution in [0.3, 0.4) is 0 Å². The number of carbonyl (C=O) groups excluding carboxylic acids is 1. The van der Waals surface area contributed by atoms with E-state index in [1.54, 1.807) is 18.2 Å². The molecule has 0 saturated heterocycles. The van der Waals surface area contributed by atoms with Crippen LogP contribution in [-0.2, 0) is 10.0 Å². The molecule has 26 heavy (non-hydrogen) atoms. The average molecular weight is 378 g/mol. The van der Waals surface area contributed by atoms with Gasteiger partial charge in [0.05, 0.1) is 12.0 Å². The summed E-state index contributed by atoms with van der Waals surface area (Å²) in [5.41, 5.74) is 6.15. The molecule has 10 heteroatoms. The average Bonchev–Trinajstić information content (AvgIpc) is 2.97. The first-order chi connectivity index (χ1) is 12.4. The first-order valence-corrected chi connectivity index (χ1v) is 9.31. The van der Waals surface area contributed by atoms with Gasteiger partial charge in [0, 0.05) is 28.9 Å². The third-order valence-corrected chi connectivity index (χ3v) is 5.22. The zero-order valence-corrected chi connectivity index (χ0v) is 15.0. The SMILES string of the molecule is CCCNS(=O)(=O)c1ccc2[nH]c3c(OC(N)=O)nc(OC)cc3c2c1. The lowest BCUT2D eigenvalue weighted by molar-refractivity contribution is 0.209. The van der Waals surface area contributed by atoms with Crippen molar-refractivity contribution in [2.75, 3.05) is 13.7 Å². The standard InChI is InChI=1S/C16H18N4O5S/c1-3-6-18-26(22,23)9-4-5-12-10(7-9)11-8-13(24-2)20-15(14(11)19-12)25-16(17)21/h4-5,7-8,18-19H,3,6H2,1-2H3,(H2,17,21). The van der Waals surface area contributed by atoms with Crippen LogP contribution >= 0.6 is 0 Å². The van der Waals surface area contributed by atoms with Gasteiger partial charge in [-0.05, 0) is 24.6 Å². The van der Waals surface area contributed by atoms with Crippen LogP contribution in [0.1, 0.15) is 13.3 Å². The lowest BCUT2D eigenvalue weighted by atomic mass is 10.2. The molecule has 1 aromatic carbocycles. The molecule has 0 unspecified atom stereocenters. The number of nitrogens with zero attached hydrogens (tertiary/aromatic N) is 1. The van der Waals surface area contributed by atoms with Crippen LogP contribution in [0.5, 0.6) is 11.8 Å². The second-order valence-corrected chi connectivity index (χ2v) is 7.31. The molecule has 0 saturated carbocycles. The predicted molar refractivity (Wildman–Crippen MR) is 95.8 cm³/mol. The van der Waals surface area contributed by atoms with Crippen LogP contribution in [-0.4, -0.2) is 38.1 Å². The summed E-state index contributed by atoms with van der Waals surface area (Å²) in [4.78, 5) is 18.4. The Morgan fingerprint density at radius 3 is 2.73 bits per heavy atom. The Morgan fingerprint density at radius 1 is 1.31 bits per heavy atom. The molecule has 0 fully saturated rings. The van der Waals surface area contributed by atoms with Crippen molar-refractivity contribution in [2.45, 2.75) is 18.2 Å². The van der Waals surface area contributed by atoms with Crippen LogP contribution < -0.4 is 19.9 Å². The number of aromatic nitrogens is 2. The molecule has 3 rings (SSSR count). The summed E-state index contributed by atoms with van der Waals surface area (Å²) in [5.74, 6) is 0.156. The van der Waals surface area contributed by atoms with Crippen molar-refractivity contribution < 1.29 is 22.7 Å². The number of primary amides is 1. The van der Waals surface area contributed by atoms with E-state index in [0.717, 1.165) is 0 Å². The van der Waals surface area contributed by atoms with Crippen molar-refractivity contribution in [3.63, 3.8) is 0 Å². The second-order valence-electron chi connectivity index (χ2n) is 5.54. The van der Waals surface area contributed by atoms with Gasteiger partial charge in [-0.25, -0.2) is 17.9 Å². The van der Waals surface area contributed by atoms with Crippen molar-refractivity contribution in [3.05, 3.63) is 24.3 Å². The number of amides is 1. The number of methoxy groups -OCH3 is 1. The first-order valence-electron chi connectivity index (χ1n) is 7.83. The van der Waals surface area contributed by atoms with E-state index in [-0.39, 0.29) is 16.7 Å². The van der Waals surface area contributed by atoms with Gasteiger partial charge in [0.2, 0.25) is 15.9 Å². The van der Waals surface area contributed by atoms with Crippen LogP contribution in [0.2, 0.25) is 0 Å². The van der Waals surface area contributed by atoms with Crippen LogP contribution in [0.15, 0.2) is 29.2 Å². The van der Waals surface area contributed by atoms with Gasteiger partial charge in [0.25, 0.3) is 5.88 Å². The molecule has 2 aromatic heterocycles. The molecule has 0 aliphatic rings. The zero-order valence-electron chi connectivity index (χ0n) is 14.2. The number of H-pyrrole nitrogens is 1. The molecule has 0 atom stereocenters. The summed E-state index contributed by atoms with van der Waals surface area (Å²) in [6.07, 6.45) is -0.330. The number of benzene rings is 1. The molecule has 138 valence electrons. The second kappa shape index (κ2) is 6.81. The molecular formula is C16H18N4O5S. The van der Waals surface area contributed by atoms with E-state index in [0.29, 0.717) is 34.8 Å². The number of nitrogens with two attached hydrogens (primary N) is 1. The Hall–Kier alpha value is -2.85. The number of rotatable bonds is 6. The molecule has 0 radical (unpaired) electrons. The number of hydrogen-bond acceptors (Lipinski definition) is 6. The number of carbonyl (C=O) groups is 1. The smallest absolute Gasteiger partial charge is 0.411 e. The van der Waals surface area contributed by atoms with Gasteiger partial charge in [0.1, 0.15) is 5.52 Å². The van der Waals surface area contributed by atoms with Gasteiger partial charge in [-0.3, -0.25) is 0 Å². The third kappa shape index (κ3) is 3.28. The van der Waals surface area contributed by atoms with Crippen molar-refractivity contribution >= 4 is 37.9 Å². The van der Waals surface area contributed by atoms with Gasteiger partial charge in [-0.15, -0.1) is 0 Å². The fourth-order valence-electron chi connectivity index (χ4n) is 2.58. The minimum atomic E-state index is -3.62. The van der Waals surface area contributed by atoms with E-state index < -0.39 is 16.1 Å². The van der Waals surface area contributed by atoms with Crippen molar-refractivity contribution in [1.29, 1.82) is 0 Å². The first kappa shape index (κ1) is 18.0. The van der Waals surface area contributed by atoms with E-state index >= 15 is 0 Å². The third-order valence-electron chi connectivity index (χ3n) is 3.76. The topological polar surface area (TPSA) is 136 Å². The number of ether oxygens (including phenoxy) is 2. The largest absolute Gasteiger partial charge is 0.481 e. The molecule has 1 amide bonds. The molecular weight excluding hydrogens is 360 g/mol. The number of aromatic amines is 1. The summed E-state index contributed by atoms with van der Waals surface area (Å²) in [5, 5.41) is 1.21. The Kier molecular flexibility index (Phi) is 4.70. The molecule has 3 aromatic rings. The fourth-order valence-corrected chi connectivity index (χ4v) is 3.74. The Labute approximate surface area is 149 Å². The van der Waals surface area contributed by atoms with Gasteiger partial charge < -0.3 is 20.2 Å². The molecule has 0 bridgehead atoms. The highest BCUT2D eigenvalue weighted by Crippen LogP contribution is 2.34. The fraction of sp³-hybridized carbons (Fsp3) is 0.250. The van der Waals surface area contributed by atoms with Crippen LogP contribution in [0, 0.1) is 0 Å². The van der Waals surface area contributed by atoms with Gasteiger partial charge in [-0.1, -0.05) is 6.92 Å². The van der Waals surface area contributed by atoms with Crippen LogP contribution in [0.4, 0.5) is 4.79 Å². The minimum Gasteiger partial charge on any atom is -0.481 e. The Bertz CT molecular complexity index is 1090. The van der Waals surface area contributed by atoms with E-state index in [9.17, 15) is 13.2 Å². The normalized spacial score (nSPS) is 11.8. The summed E-state index contributed by atoms with van der Waals surface area (Å²) in [6, 6.07) is 6.29. The summed E-state index contributed by atoms with van der Waals surface area (Å²) >= 11 is 0. The lowest BCUT2D eigenvalue weighted by Crippen LogP contribution is -2.24. The number of pyridine rings is 1. The summed E-state index contributed by atoms with van der Waals surface area (Å²) < 4.78 is 37.4. The van der Waals surface area contributed by atoms with Gasteiger partial charge in [-0.2, -0.15) is 4.98 Å². The lowest BCUT2D eigenvalue weighted by Gasteiger charge is -2.06. The highest BCUT2D eigenvalue weighted by atomic mass is 32.2. The molecule has 2 heterocycles. The predicted octanol–water partition coefficient (Wildman–Crippen LogP) is 1.87. The Balaban J connectivity index is 2.23. The highest BCUT2D eigenvalue weighted by Gasteiger charge is 2.18. The maximum Gasteiger partial charge on any atom is 0.411 e. The maximum absolute atomic E-state index is 12.4. The van der Waals surface area contributed by atoms with Gasteiger partial charge >= 0.3 is 6.09 Å². The number of fused-ring (bicyclic) bond motifs is 3. The van der Waals surface area contributed by atoms with Crippen molar-refractivity contribution in [2.24, 2.45) is 5.73 Å². The highest BCUT2D eigenvalue weighted by molar-refractivity contribution is 7.89. The molecule has 0 spiro atoms. The van der Waals surface area contributed by atoms with E-state index in [4.69, 9.17) is 15.2 Å². The monoisotopic (exact) mass is 378 g/mol. The van der Waals surface area contributed by atoms with E-state index in [2.05, 4.69) is 14.7 Å². The van der Waals surface area contributed by atoms with Gasteiger partial charge in [0.15, 0.2) is 0 Å². The van der Waals surface area contributed by atoms with Crippen molar-refractivity contribution in [3.8, 4) is 11.8 Å². The number of sulfonamides is 1. The van der Waals surface area contributed by atoms with E-state index in [1.165, 1.54) is 13.2 Å². The zero-order chi connectivity index (χ0) is 18.9. The van der Waals surface area contributed by atoms with Crippen LogP contribution in [0.25, 0.3) is 21.8 Å². The van der Waals surface area contributed by atoms with Crippen molar-refractivity contribution in [1.82, 2.24) is 14.7 Å². The number of hydrogen-bond donors (Lipinski definition) is 3. The maximum atomic E-state index is 12.4. The quantitative estimate of drug-likeness (QED) is 0.599. The molecule has 0 aliphatic carbocycles. The molecule has 4 N–H and O–H groups in total. The Morgan fingerprint density at radius 2 is 2.08 bits per heavy atom. The van der Waals surface area contributed by atoms with E-state index in [1.807, 2.05) is 6.92 Å². The molecule has 0 aliphatic heterocycles. The number of nitrogens with one attached hydrogen (secondary N) is 2.